The zero-order valence-electron chi connectivity index (χ0n) is 15.8. The van der Waals surface area contributed by atoms with Gasteiger partial charge in [0.05, 0.1) is 16.9 Å². The predicted octanol–water partition coefficient (Wildman–Crippen LogP) is 3.79. The van der Waals surface area contributed by atoms with Crippen LogP contribution in [0.15, 0.2) is 76.7 Å². The number of aromatic nitrogens is 4. The lowest BCUT2D eigenvalue weighted by Gasteiger charge is -2.09. The van der Waals surface area contributed by atoms with Crippen LogP contribution < -0.4 is 5.32 Å². The van der Waals surface area contributed by atoms with Crippen LogP contribution in [0.3, 0.4) is 0 Å². The summed E-state index contributed by atoms with van der Waals surface area (Å²) in [6.07, 6.45) is 5.31. The van der Waals surface area contributed by atoms with Gasteiger partial charge in [0, 0.05) is 37.0 Å². The first-order valence-corrected chi connectivity index (χ1v) is 10.0. The van der Waals surface area contributed by atoms with Gasteiger partial charge in [0.25, 0.3) is 5.91 Å². The Hall–Kier alpha value is -3.39. The largest absolute Gasteiger partial charge is 0.361 e. The van der Waals surface area contributed by atoms with Gasteiger partial charge in [-0.05, 0) is 42.8 Å². The fourth-order valence-corrected chi connectivity index (χ4v) is 3.64. The van der Waals surface area contributed by atoms with Crippen molar-refractivity contribution in [3.05, 3.63) is 89.7 Å². The first kappa shape index (κ1) is 18.9. The molecule has 4 rings (SSSR count). The van der Waals surface area contributed by atoms with E-state index in [2.05, 4.69) is 20.6 Å². The molecule has 0 saturated heterocycles. The van der Waals surface area contributed by atoms with Crippen LogP contribution in [0.4, 0.5) is 0 Å². The van der Waals surface area contributed by atoms with E-state index in [4.69, 9.17) is 4.52 Å². The third kappa shape index (κ3) is 4.72. The Labute approximate surface area is 172 Å². The third-order valence-corrected chi connectivity index (χ3v) is 5.25. The molecule has 29 heavy (non-hydrogen) atoms. The van der Waals surface area contributed by atoms with Gasteiger partial charge in [-0.1, -0.05) is 29.1 Å². The molecule has 7 nitrogen and oxygen atoms in total. The summed E-state index contributed by atoms with van der Waals surface area (Å²) in [7, 11) is 0. The molecule has 0 aliphatic carbocycles. The molecule has 0 spiro atoms. The van der Waals surface area contributed by atoms with Gasteiger partial charge in [0.2, 0.25) is 0 Å². The number of hydrogen-bond donors (Lipinski definition) is 1. The van der Waals surface area contributed by atoms with Crippen molar-refractivity contribution in [1.29, 1.82) is 0 Å². The molecule has 0 fully saturated rings. The van der Waals surface area contributed by atoms with Crippen LogP contribution in [0.2, 0.25) is 0 Å². The number of pyridine rings is 1. The lowest BCUT2D eigenvalue weighted by Crippen LogP contribution is -2.23. The second-order valence-corrected chi connectivity index (χ2v) is 7.34. The number of carbonyl (C=O) groups is 1. The monoisotopic (exact) mass is 405 g/mol. The molecule has 0 bridgehead atoms. The van der Waals surface area contributed by atoms with Crippen molar-refractivity contribution >= 4 is 17.7 Å². The molecule has 3 heterocycles. The summed E-state index contributed by atoms with van der Waals surface area (Å²) < 4.78 is 6.87. The maximum Gasteiger partial charge on any atom is 0.254 e. The summed E-state index contributed by atoms with van der Waals surface area (Å²) in [5.41, 5.74) is 3.34. The van der Waals surface area contributed by atoms with Gasteiger partial charge in [-0.15, -0.1) is 0 Å². The molecule has 4 aromatic rings. The summed E-state index contributed by atoms with van der Waals surface area (Å²) in [6, 6.07) is 15.2. The summed E-state index contributed by atoms with van der Waals surface area (Å²) in [5, 5.41) is 11.8. The molecule has 3 aromatic heterocycles. The van der Waals surface area contributed by atoms with Crippen molar-refractivity contribution in [2.24, 2.45) is 0 Å². The van der Waals surface area contributed by atoms with Crippen LogP contribution in [-0.2, 0) is 12.3 Å². The van der Waals surface area contributed by atoms with E-state index in [9.17, 15) is 4.79 Å². The minimum absolute atomic E-state index is 0.159. The minimum atomic E-state index is -0.159. The van der Waals surface area contributed by atoms with Gasteiger partial charge in [0.1, 0.15) is 10.8 Å². The minimum Gasteiger partial charge on any atom is -0.361 e. The topological polar surface area (TPSA) is 85.8 Å². The highest BCUT2D eigenvalue weighted by Gasteiger charge is 2.13. The van der Waals surface area contributed by atoms with E-state index in [-0.39, 0.29) is 5.91 Å². The lowest BCUT2D eigenvalue weighted by atomic mass is 10.2. The number of amides is 1. The van der Waals surface area contributed by atoms with E-state index in [1.165, 1.54) is 11.8 Å². The summed E-state index contributed by atoms with van der Waals surface area (Å²) in [4.78, 5) is 17.0. The number of rotatable bonds is 7. The Morgan fingerprint density at radius 3 is 2.76 bits per heavy atom. The smallest absolute Gasteiger partial charge is 0.254 e. The molecule has 0 unspecified atom stereocenters. The first-order chi connectivity index (χ1) is 14.2. The zero-order valence-corrected chi connectivity index (χ0v) is 16.6. The van der Waals surface area contributed by atoms with Crippen LogP contribution in [0, 0.1) is 6.92 Å². The molecule has 0 aliphatic heterocycles. The first-order valence-electron chi connectivity index (χ1n) is 9.06. The second kappa shape index (κ2) is 8.74. The van der Waals surface area contributed by atoms with Gasteiger partial charge in [-0.2, -0.15) is 5.10 Å². The van der Waals surface area contributed by atoms with Crippen LogP contribution >= 0.6 is 11.8 Å². The van der Waals surface area contributed by atoms with E-state index in [1.54, 1.807) is 29.2 Å². The normalized spacial score (nSPS) is 10.8. The Balaban J connectivity index is 1.38. The molecule has 0 aliphatic rings. The number of aryl methyl sites for hydroxylation is 1. The molecule has 1 aromatic carbocycles. The zero-order chi connectivity index (χ0) is 20.1. The van der Waals surface area contributed by atoms with Crippen molar-refractivity contribution in [1.82, 2.24) is 25.2 Å². The number of benzene rings is 1. The van der Waals surface area contributed by atoms with Crippen molar-refractivity contribution in [3.8, 4) is 5.69 Å². The van der Waals surface area contributed by atoms with Crippen LogP contribution in [0.5, 0.6) is 0 Å². The van der Waals surface area contributed by atoms with Crippen molar-refractivity contribution < 1.29 is 9.32 Å². The van der Waals surface area contributed by atoms with E-state index >= 15 is 0 Å². The van der Waals surface area contributed by atoms with Gasteiger partial charge in [-0.3, -0.25) is 4.79 Å². The Kier molecular flexibility index (Phi) is 5.71. The molecular formula is C21H19N5O2S. The predicted molar refractivity (Wildman–Crippen MR) is 110 cm³/mol. The van der Waals surface area contributed by atoms with Gasteiger partial charge < -0.3 is 9.84 Å². The van der Waals surface area contributed by atoms with Crippen molar-refractivity contribution in [2.75, 3.05) is 0 Å². The van der Waals surface area contributed by atoms with Crippen LogP contribution in [-0.4, -0.2) is 25.8 Å². The van der Waals surface area contributed by atoms with Gasteiger partial charge in [0.15, 0.2) is 0 Å². The van der Waals surface area contributed by atoms with E-state index in [0.717, 1.165) is 22.7 Å². The summed E-state index contributed by atoms with van der Waals surface area (Å²) >= 11 is 1.46. The Bertz CT molecular complexity index is 1090. The number of thioether (sulfide) groups is 1. The van der Waals surface area contributed by atoms with Crippen LogP contribution in [0.25, 0.3) is 5.69 Å². The molecule has 0 radical (unpaired) electrons. The Morgan fingerprint density at radius 1 is 1.17 bits per heavy atom. The fraction of sp³-hybridized carbons (Fsp3) is 0.143. The van der Waals surface area contributed by atoms with Gasteiger partial charge >= 0.3 is 0 Å². The molecule has 0 saturated carbocycles. The highest BCUT2D eigenvalue weighted by Crippen LogP contribution is 2.24. The second-order valence-electron chi connectivity index (χ2n) is 6.37. The average Bonchev–Trinajstić information content (AvgIpc) is 3.43. The molecule has 8 heteroatoms. The maximum absolute atomic E-state index is 12.7. The van der Waals surface area contributed by atoms with Crippen molar-refractivity contribution in [3.63, 3.8) is 0 Å². The fourth-order valence-electron chi connectivity index (χ4n) is 2.77. The number of hydrogen-bond acceptors (Lipinski definition) is 6. The SMILES string of the molecule is Cc1cc(CSc2ncccc2C(=O)NCc2ccc(-n3cccn3)cc2)no1. The number of carbonyl (C=O) groups excluding carboxylic acids is 1. The highest BCUT2D eigenvalue weighted by molar-refractivity contribution is 7.98. The maximum atomic E-state index is 12.7. The number of nitrogens with one attached hydrogen (secondary N) is 1. The quantitative estimate of drug-likeness (QED) is 0.471. The van der Waals surface area contributed by atoms with Gasteiger partial charge in [-0.25, -0.2) is 9.67 Å². The van der Waals surface area contributed by atoms with E-state index < -0.39 is 0 Å². The lowest BCUT2D eigenvalue weighted by molar-refractivity contribution is 0.0947. The molecule has 0 atom stereocenters. The van der Waals surface area contributed by atoms with E-state index in [0.29, 0.717) is 22.9 Å². The Morgan fingerprint density at radius 2 is 2.03 bits per heavy atom. The number of nitrogens with zero attached hydrogens (tertiary/aromatic N) is 4. The van der Waals surface area contributed by atoms with E-state index in [1.807, 2.05) is 49.5 Å². The van der Waals surface area contributed by atoms with Crippen LogP contribution in [0.1, 0.15) is 27.4 Å². The standard InChI is InChI=1S/C21H19N5O2S/c1-15-12-17(25-28-15)14-29-21-19(4-2-9-22-21)20(27)23-13-16-5-7-18(8-6-16)26-11-3-10-24-26/h2-12H,13-14H2,1H3,(H,23,27). The van der Waals surface area contributed by atoms with Crippen molar-refractivity contribution in [2.45, 2.75) is 24.2 Å². The molecule has 1 N–H and O–H groups in total. The molecule has 1 amide bonds. The molecular weight excluding hydrogens is 386 g/mol. The average molecular weight is 405 g/mol. The summed E-state index contributed by atoms with van der Waals surface area (Å²) in [5.74, 6) is 1.19. The highest BCUT2D eigenvalue weighted by atomic mass is 32.2. The molecule has 146 valence electrons. The third-order valence-electron chi connectivity index (χ3n) is 4.21. The summed E-state index contributed by atoms with van der Waals surface area (Å²) in [6.45, 7) is 2.28.